The summed E-state index contributed by atoms with van der Waals surface area (Å²) in [7, 11) is 0. The lowest BCUT2D eigenvalue weighted by Gasteiger charge is -2.13. The molecule has 1 amide bonds. The molecule has 0 atom stereocenters. The van der Waals surface area contributed by atoms with Gasteiger partial charge in [0.15, 0.2) is 23.0 Å². The third-order valence-corrected chi connectivity index (χ3v) is 6.15. The normalized spacial score (nSPS) is 10.9. The van der Waals surface area contributed by atoms with Crippen LogP contribution >= 0.6 is 0 Å². The lowest BCUT2D eigenvalue weighted by molar-refractivity contribution is 0.0954. The van der Waals surface area contributed by atoms with Crippen LogP contribution in [0.25, 0.3) is 0 Å². The van der Waals surface area contributed by atoms with E-state index in [-0.39, 0.29) is 5.91 Å². The maximum Gasteiger partial charge on any atom is 0.271 e. The van der Waals surface area contributed by atoms with Crippen LogP contribution in [-0.4, -0.2) is 31.9 Å². The molecule has 0 bridgehead atoms. The molecule has 7 heteroatoms. The molecule has 0 spiro atoms. The number of hydrogen-bond acceptors (Lipinski definition) is 6. The lowest BCUT2D eigenvalue weighted by atomic mass is 10.1. The van der Waals surface area contributed by atoms with Gasteiger partial charge in [-0.15, -0.1) is 0 Å². The fourth-order valence-electron chi connectivity index (χ4n) is 4.06. The molecule has 0 saturated carbocycles. The summed E-state index contributed by atoms with van der Waals surface area (Å²) in [4.78, 5) is 12.8. The summed E-state index contributed by atoms with van der Waals surface area (Å²) in [6.07, 6.45) is 8.85. The van der Waals surface area contributed by atoms with E-state index in [4.69, 9.17) is 18.9 Å². The summed E-state index contributed by atoms with van der Waals surface area (Å²) in [6.45, 7) is 8.09. The minimum absolute atomic E-state index is 0.351. The highest BCUT2D eigenvalue weighted by Gasteiger charge is 2.12. The molecule has 40 heavy (non-hydrogen) atoms. The Kier molecular flexibility index (Phi) is 13.4. The standard InChI is InChI=1S/C33H42N2O5/c1-4-7-8-9-10-14-21-39-29-19-17-27(22-31(29)37-5-2)24-34-35-33(36)28-18-20-30(32(23-28)38-6-3)40-25-26-15-12-11-13-16-26/h11-13,15-20,22-24H,4-10,14,21,25H2,1-3H3,(H,35,36)/b34-24+. The van der Waals surface area contributed by atoms with Crippen LogP contribution in [0.3, 0.4) is 0 Å². The van der Waals surface area contributed by atoms with Crippen molar-refractivity contribution < 1.29 is 23.7 Å². The van der Waals surface area contributed by atoms with E-state index in [9.17, 15) is 4.79 Å². The first-order valence-corrected chi connectivity index (χ1v) is 14.3. The number of carbonyl (C=O) groups excluding carboxylic acids is 1. The number of amides is 1. The van der Waals surface area contributed by atoms with Crippen LogP contribution in [0.15, 0.2) is 71.8 Å². The Hall–Kier alpha value is -4.00. The van der Waals surface area contributed by atoms with Gasteiger partial charge in [0, 0.05) is 5.56 Å². The van der Waals surface area contributed by atoms with E-state index < -0.39 is 0 Å². The number of rotatable bonds is 18. The second-order valence-electron chi connectivity index (χ2n) is 9.32. The Labute approximate surface area is 238 Å². The van der Waals surface area contributed by atoms with Crippen LogP contribution in [0, 0.1) is 0 Å². The Bertz CT molecular complexity index is 1200. The minimum atomic E-state index is -0.351. The average molecular weight is 547 g/mol. The van der Waals surface area contributed by atoms with E-state index in [1.807, 2.05) is 62.4 Å². The van der Waals surface area contributed by atoms with E-state index in [2.05, 4.69) is 17.5 Å². The first kappa shape index (κ1) is 30.5. The van der Waals surface area contributed by atoms with Gasteiger partial charge in [-0.2, -0.15) is 5.10 Å². The van der Waals surface area contributed by atoms with E-state index in [0.29, 0.717) is 49.2 Å². The van der Waals surface area contributed by atoms with E-state index in [0.717, 1.165) is 23.3 Å². The van der Waals surface area contributed by atoms with Gasteiger partial charge in [0.1, 0.15) is 6.61 Å². The molecule has 1 N–H and O–H groups in total. The summed E-state index contributed by atoms with van der Waals surface area (Å²) in [6, 6.07) is 20.6. The molecule has 3 aromatic carbocycles. The molecule has 0 heterocycles. The topological polar surface area (TPSA) is 78.4 Å². The molecule has 7 nitrogen and oxygen atoms in total. The molecule has 0 aromatic heterocycles. The van der Waals surface area contributed by atoms with Gasteiger partial charge in [-0.1, -0.05) is 69.4 Å². The number of nitrogens with zero attached hydrogens (tertiary/aromatic N) is 1. The molecular weight excluding hydrogens is 504 g/mol. The Morgan fingerprint density at radius 3 is 2.15 bits per heavy atom. The number of carbonyl (C=O) groups is 1. The van der Waals surface area contributed by atoms with Crippen molar-refractivity contribution in [3.63, 3.8) is 0 Å². The number of benzene rings is 3. The van der Waals surface area contributed by atoms with Crippen molar-refractivity contribution >= 4 is 12.1 Å². The molecule has 0 aliphatic rings. The van der Waals surface area contributed by atoms with Crippen LogP contribution in [0.4, 0.5) is 0 Å². The van der Waals surface area contributed by atoms with Gasteiger partial charge >= 0.3 is 0 Å². The fraction of sp³-hybridized carbons (Fsp3) is 0.394. The van der Waals surface area contributed by atoms with Gasteiger partial charge in [-0.25, -0.2) is 5.43 Å². The molecule has 0 aliphatic carbocycles. The highest BCUT2D eigenvalue weighted by atomic mass is 16.5. The smallest absolute Gasteiger partial charge is 0.271 e. The van der Waals surface area contributed by atoms with Gasteiger partial charge in [-0.3, -0.25) is 4.79 Å². The lowest BCUT2D eigenvalue weighted by Crippen LogP contribution is -2.17. The monoisotopic (exact) mass is 546 g/mol. The third kappa shape index (κ3) is 10.3. The largest absolute Gasteiger partial charge is 0.490 e. The summed E-state index contributed by atoms with van der Waals surface area (Å²) >= 11 is 0. The van der Waals surface area contributed by atoms with Crippen molar-refractivity contribution in [3.8, 4) is 23.0 Å². The quantitative estimate of drug-likeness (QED) is 0.101. The Balaban J connectivity index is 1.56. The minimum Gasteiger partial charge on any atom is -0.490 e. The number of hydrogen-bond donors (Lipinski definition) is 1. The number of hydrazone groups is 1. The molecule has 214 valence electrons. The highest BCUT2D eigenvalue weighted by molar-refractivity contribution is 5.95. The fourth-order valence-corrected chi connectivity index (χ4v) is 4.06. The molecule has 0 fully saturated rings. The van der Waals surface area contributed by atoms with Crippen molar-refractivity contribution in [1.82, 2.24) is 5.43 Å². The maximum atomic E-state index is 12.8. The highest BCUT2D eigenvalue weighted by Crippen LogP contribution is 2.30. The van der Waals surface area contributed by atoms with Gasteiger partial charge < -0.3 is 18.9 Å². The summed E-state index contributed by atoms with van der Waals surface area (Å²) < 4.78 is 23.4. The average Bonchev–Trinajstić information content (AvgIpc) is 2.97. The summed E-state index contributed by atoms with van der Waals surface area (Å²) in [5.74, 6) is 2.11. The second-order valence-corrected chi connectivity index (χ2v) is 9.32. The molecule has 0 saturated heterocycles. The first-order valence-electron chi connectivity index (χ1n) is 14.3. The zero-order valence-electron chi connectivity index (χ0n) is 24.0. The molecule has 0 aliphatic heterocycles. The Morgan fingerprint density at radius 2 is 1.40 bits per heavy atom. The molecular formula is C33H42N2O5. The third-order valence-electron chi connectivity index (χ3n) is 6.15. The Morgan fingerprint density at radius 1 is 0.725 bits per heavy atom. The van der Waals surface area contributed by atoms with Crippen LogP contribution in [-0.2, 0) is 6.61 Å². The number of nitrogens with one attached hydrogen (secondary N) is 1. The predicted molar refractivity (Wildman–Crippen MR) is 160 cm³/mol. The van der Waals surface area contributed by atoms with Crippen molar-refractivity contribution in [3.05, 3.63) is 83.4 Å². The van der Waals surface area contributed by atoms with Gasteiger partial charge in [0.25, 0.3) is 5.91 Å². The van der Waals surface area contributed by atoms with Crippen LogP contribution in [0.1, 0.15) is 80.8 Å². The summed E-state index contributed by atoms with van der Waals surface area (Å²) in [5, 5.41) is 4.14. The van der Waals surface area contributed by atoms with Crippen LogP contribution in [0.5, 0.6) is 23.0 Å². The first-order chi connectivity index (χ1) is 19.6. The second kappa shape index (κ2) is 17.6. The molecule has 3 rings (SSSR count). The molecule has 0 unspecified atom stereocenters. The van der Waals surface area contributed by atoms with E-state index in [1.165, 1.54) is 32.1 Å². The summed E-state index contributed by atoms with van der Waals surface area (Å²) in [5.41, 5.74) is 4.84. The molecule has 0 radical (unpaired) electrons. The van der Waals surface area contributed by atoms with Crippen LogP contribution < -0.4 is 24.4 Å². The predicted octanol–water partition coefficient (Wildman–Crippen LogP) is 7.57. The zero-order valence-corrected chi connectivity index (χ0v) is 24.0. The number of ether oxygens (including phenoxy) is 4. The van der Waals surface area contributed by atoms with Gasteiger partial charge in [0.05, 0.1) is 26.0 Å². The van der Waals surface area contributed by atoms with Crippen molar-refractivity contribution in [2.24, 2.45) is 5.10 Å². The SMILES string of the molecule is CCCCCCCCOc1ccc(/C=N/NC(=O)c2ccc(OCc3ccccc3)c(OCC)c2)cc1OCC. The number of unbranched alkanes of at least 4 members (excludes halogenated alkanes) is 5. The maximum absolute atomic E-state index is 12.8. The van der Waals surface area contributed by atoms with Gasteiger partial charge in [-0.05, 0) is 67.8 Å². The van der Waals surface area contributed by atoms with Crippen molar-refractivity contribution in [2.75, 3.05) is 19.8 Å². The molecule has 3 aromatic rings. The van der Waals surface area contributed by atoms with E-state index in [1.54, 1.807) is 24.4 Å². The van der Waals surface area contributed by atoms with Crippen molar-refractivity contribution in [1.29, 1.82) is 0 Å². The van der Waals surface area contributed by atoms with E-state index >= 15 is 0 Å². The zero-order chi connectivity index (χ0) is 28.4. The van der Waals surface area contributed by atoms with Crippen LogP contribution in [0.2, 0.25) is 0 Å². The van der Waals surface area contributed by atoms with Gasteiger partial charge in [0.2, 0.25) is 0 Å². The van der Waals surface area contributed by atoms with Crippen molar-refractivity contribution in [2.45, 2.75) is 65.9 Å².